The molecule has 3 unspecified atom stereocenters. The molecular weight excluding hydrogens is 314 g/mol. The summed E-state index contributed by atoms with van der Waals surface area (Å²) in [6.07, 6.45) is 1.91. The Morgan fingerprint density at radius 1 is 1.20 bits per heavy atom. The molecule has 0 spiro atoms. The summed E-state index contributed by atoms with van der Waals surface area (Å²) in [4.78, 5) is 26.5. The Morgan fingerprint density at radius 2 is 1.80 bits per heavy atom. The van der Waals surface area contributed by atoms with Gasteiger partial charge in [0.1, 0.15) is 0 Å². The van der Waals surface area contributed by atoms with E-state index in [0.717, 1.165) is 25.1 Å². The van der Waals surface area contributed by atoms with Crippen molar-refractivity contribution in [1.29, 1.82) is 0 Å². The van der Waals surface area contributed by atoms with Gasteiger partial charge in [0.05, 0.1) is 0 Å². The molecule has 0 saturated heterocycles. The van der Waals surface area contributed by atoms with E-state index < -0.39 is 0 Å². The van der Waals surface area contributed by atoms with Crippen molar-refractivity contribution in [2.24, 2.45) is 17.8 Å². The first-order valence-corrected chi connectivity index (χ1v) is 9.12. The normalized spacial score (nSPS) is 20.4. The molecule has 0 radical (unpaired) electrons. The maximum absolute atomic E-state index is 12.5. The lowest BCUT2D eigenvalue weighted by atomic mass is 10.0. The molecule has 3 atom stereocenters. The van der Waals surface area contributed by atoms with E-state index in [2.05, 4.69) is 36.3 Å². The van der Waals surface area contributed by atoms with Gasteiger partial charge in [-0.25, -0.2) is 0 Å². The highest BCUT2D eigenvalue weighted by Gasteiger charge is 2.39. The van der Waals surface area contributed by atoms with Crippen LogP contribution in [-0.2, 0) is 4.79 Å². The van der Waals surface area contributed by atoms with Gasteiger partial charge in [-0.2, -0.15) is 0 Å². The van der Waals surface area contributed by atoms with Gasteiger partial charge in [-0.15, -0.1) is 0 Å². The standard InChI is InChI=1S/C20H31N3O2/c1-13(2)10-17(12-23(4)5)22-19(24)15-6-8-16(9-7-15)21-20(25)18-11-14(18)3/h6-9,13-14,17-18H,10-12H2,1-5H3,(H,21,25)(H,22,24). The van der Waals surface area contributed by atoms with E-state index >= 15 is 0 Å². The van der Waals surface area contributed by atoms with E-state index in [4.69, 9.17) is 0 Å². The summed E-state index contributed by atoms with van der Waals surface area (Å²) in [5.74, 6) is 1.16. The van der Waals surface area contributed by atoms with E-state index in [-0.39, 0.29) is 23.8 Å². The van der Waals surface area contributed by atoms with E-state index in [0.29, 0.717) is 17.4 Å². The average molecular weight is 345 g/mol. The molecule has 1 saturated carbocycles. The highest BCUT2D eigenvalue weighted by atomic mass is 16.2. The first-order chi connectivity index (χ1) is 11.8. The van der Waals surface area contributed by atoms with Crippen LogP contribution in [0.1, 0.15) is 44.0 Å². The fourth-order valence-electron chi connectivity index (χ4n) is 3.08. The van der Waals surface area contributed by atoms with Gasteiger partial charge < -0.3 is 15.5 Å². The van der Waals surface area contributed by atoms with Crippen molar-refractivity contribution in [2.45, 2.75) is 39.7 Å². The van der Waals surface area contributed by atoms with Gasteiger partial charge in [0, 0.05) is 29.8 Å². The SMILES string of the molecule is CC(C)CC(CN(C)C)NC(=O)c1ccc(NC(=O)C2CC2C)cc1. The van der Waals surface area contributed by atoms with Crippen molar-refractivity contribution in [2.75, 3.05) is 26.0 Å². The Hall–Kier alpha value is -1.88. The average Bonchev–Trinajstić information content (AvgIpc) is 3.23. The van der Waals surface area contributed by atoms with Gasteiger partial charge in [-0.05, 0) is 63.0 Å². The van der Waals surface area contributed by atoms with Crippen LogP contribution in [0.4, 0.5) is 5.69 Å². The minimum atomic E-state index is -0.0683. The van der Waals surface area contributed by atoms with E-state index in [1.54, 1.807) is 24.3 Å². The lowest BCUT2D eigenvalue weighted by molar-refractivity contribution is -0.117. The number of hydrogen-bond acceptors (Lipinski definition) is 3. The molecule has 1 aromatic carbocycles. The Balaban J connectivity index is 1.92. The molecule has 0 aromatic heterocycles. The van der Waals surface area contributed by atoms with Crippen LogP contribution in [0.2, 0.25) is 0 Å². The summed E-state index contributed by atoms with van der Waals surface area (Å²) in [5.41, 5.74) is 1.36. The molecule has 1 fully saturated rings. The van der Waals surface area contributed by atoms with E-state index in [1.165, 1.54) is 0 Å². The van der Waals surface area contributed by atoms with Crippen LogP contribution >= 0.6 is 0 Å². The first kappa shape index (κ1) is 19.4. The summed E-state index contributed by atoms with van der Waals surface area (Å²) in [5, 5.41) is 6.04. The molecule has 1 aliphatic carbocycles. The van der Waals surface area contributed by atoms with Crippen LogP contribution in [0.15, 0.2) is 24.3 Å². The molecule has 25 heavy (non-hydrogen) atoms. The Kier molecular flexibility index (Phi) is 6.59. The molecule has 2 rings (SSSR count). The number of benzene rings is 1. The maximum Gasteiger partial charge on any atom is 0.251 e. The molecule has 0 bridgehead atoms. The highest BCUT2D eigenvalue weighted by Crippen LogP contribution is 2.38. The first-order valence-electron chi connectivity index (χ1n) is 9.12. The number of anilines is 1. The Bertz CT molecular complexity index is 585. The van der Waals surface area contributed by atoms with Gasteiger partial charge in [0.15, 0.2) is 0 Å². The second-order valence-corrected chi connectivity index (χ2v) is 7.95. The zero-order chi connectivity index (χ0) is 18.6. The molecule has 2 amide bonds. The number of hydrogen-bond donors (Lipinski definition) is 2. The maximum atomic E-state index is 12.5. The molecule has 1 aromatic rings. The summed E-state index contributed by atoms with van der Waals surface area (Å²) >= 11 is 0. The van der Waals surface area contributed by atoms with Gasteiger partial charge in [0.25, 0.3) is 5.91 Å². The van der Waals surface area contributed by atoms with Crippen LogP contribution in [0.25, 0.3) is 0 Å². The highest BCUT2D eigenvalue weighted by molar-refractivity contribution is 5.97. The van der Waals surface area contributed by atoms with Gasteiger partial charge in [0.2, 0.25) is 5.91 Å². The van der Waals surface area contributed by atoms with Crippen LogP contribution in [-0.4, -0.2) is 43.4 Å². The fraction of sp³-hybridized carbons (Fsp3) is 0.600. The zero-order valence-electron chi connectivity index (χ0n) is 16.0. The predicted octanol–water partition coefficient (Wildman–Crippen LogP) is 2.99. The van der Waals surface area contributed by atoms with Crippen molar-refractivity contribution in [3.05, 3.63) is 29.8 Å². The van der Waals surface area contributed by atoms with Crippen molar-refractivity contribution >= 4 is 17.5 Å². The molecule has 0 aliphatic heterocycles. The zero-order valence-corrected chi connectivity index (χ0v) is 16.0. The van der Waals surface area contributed by atoms with Crippen molar-refractivity contribution in [3.63, 3.8) is 0 Å². The molecule has 2 N–H and O–H groups in total. The summed E-state index contributed by atoms with van der Waals surface area (Å²) in [6.45, 7) is 7.22. The summed E-state index contributed by atoms with van der Waals surface area (Å²) in [6, 6.07) is 7.25. The van der Waals surface area contributed by atoms with Crippen molar-refractivity contribution < 1.29 is 9.59 Å². The number of likely N-dealkylation sites (N-methyl/N-ethyl adjacent to an activating group) is 1. The van der Waals surface area contributed by atoms with Crippen LogP contribution in [0, 0.1) is 17.8 Å². The molecule has 1 aliphatic rings. The second kappa shape index (κ2) is 8.48. The van der Waals surface area contributed by atoms with Crippen molar-refractivity contribution in [3.8, 4) is 0 Å². The second-order valence-electron chi connectivity index (χ2n) is 7.95. The Morgan fingerprint density at radius 3 is 2.28 bits per heavy atom. The summed E-state index contributed by atoms with van der Waals surface area (Å²) in [7, 11) is 4.02. The lowest BCUT2D eigenvalue weighted by Crippen LogP contribution is -2.42. The minimum Gasteiger partial charge on any atom is -0.348 e. The molecule has 5 heteroatoms. The van der Waals surface area contributed by atoms with Crippen LogP contribution in [0.3, 0.4) is 0 Å². The third kappa shape index (κ3) is 6.16. The number of carbonyl (C=O) groups excluding carboxylic acids is 2. The third-order valence-corrected chi connectivity index (χ3v) is 4.54. The fourth-order valence-corrected chi connectivity index (χ4v) is 3.08. The number of nitrogens with one attached hydrogen (secondary N) is 2. The van der Waals surface area contributed by atoms with Gasteiger partial charge in [-0.1, -0.05) is 20.8 Å². The number of rotatable bonds is 8. The molecule has 0 heterocycles. The van der Waals surface area contributed by atoms with Crippen molar-refractivity contribution in [1.82, 2.24) is 10.2 Å². The molecule has 138 valence electrons. The van der Waals surface area contributed by atoms with E-state index in [1.807, 2.05) is 14.1 Å². The third-order valence-electron chi connectivity index (χ3n) is 4.54. The van der Waals surface area contributed by atoms with Gasteiger partial charge in [-0.3, -0.25) is 9.59 Å². The number of amides is 2. The van der Waals surface area contributed by atoms with E-state index in [9.17, 15) is 9.59 Å². The largest absolute Gasteiger partial charge is 0.348 e. The molecule has 5 nitrogen and oxygen atoms in total. The number of carbonyl (C=O) groups is 2. The monoisotopic (exact) mass is 345 g/mol. The lowest BCUT2D eigenvalue weighted by Gasteiger charge is -2.24. The smallest absolute Gasteiger partial charge is 0.251 e. The minimum absolute atomic E-state index is 0.0683. The molecular formula is C20H31N3O2. The topological polar surface area (TPSA) is 61.4 Å². The number of nitrogens with zero attached hydrogens (tertiary/aromatic N) is 1. The quantitative estimate of drug-likeness (QED) is 0.761. The van der Waals surface area contributed by atoms with Crippen LogP contribution in [0.5, 0.6) is 0 Å². The van der Waals surface area contributed by atoms with Gasteiger partial charge >= 0.3 is 0 Å². The predicted molar refractivity (Wildman–Crippen MR) is 102 cm³/mol. The van der Waals surface area contributed by atoms with Crippen LogP contribution < -0.4 is 10.6 Å². The summed E-state index contributed by atoms with van der Waals surface area (Å²) < 4.78 is 0. The Labute approximate surface area is 151 Å².